The van der Waals surface area contributed by atoms with E-state index in [0.717, 1.165) is 84.6 Å². The Morgan fingerprint density at radius 2 is 2.17 bits per heavy atom. The van der Waals surface area contributed by atoms with Gasteiger partial charge in [0.15, 0.2) is 5.96 Å². The van der Waals surface area contributed by atoms with Gasteiger partial charge in [-0.05, 0) is 31.2 Å². The molecule has 2 N–H and O–H groups in total. The Bertz CT molecular complexity index is 564. The third-order valence-electron chi connectivity index (χ3n) is 4.98. The number of nitrogens with zero attached hydrogens (tertiary/aromatic N) is 2. The molecule has 0 aliphatic carbocycles. The van der Waals surface area contributed by atoms with Crippen molar-refractivity contribution < 1.29 is 14.2 Å². The summed E-state index contributed by atoms with van der Waals surface area (Å²) in [6.07, 6.45) is 2.25. The van der Waals surface area contributed by atoms with Crippen LogP contribution in [-0.4, -0.2) is 82.7 Å². The van der Waals surface area contributed by atoms with Crippen LogP contribution in [0.4, 0.5) is 0 Å². The van der Waals surface area contributed by atoms with Crippen molar-refractivity contribution in [2.24, 2.45) is 4.99 Å². The van der Waals surface area contributed by atoms with Gasteiger partial charge in [0.05, 0.1) is 38.5 Å². The van der Waals surface area contributed by atoms with E-state index in [1.807, 2.05) is 0 Å². The molecule has 0 saturated carbocycles. The monoisotopic (exact) mass is 538 g/mol. The number of aliphatic imine (C=N–C) groups is 1. The third-order valence-corrected chi connectivity index (χ3v) is 5.95. The Hall–Kier alpha value is -0.460. The van der Waals surface area contributed by atoms with Gasteiger partial charge in [0.25, 0.3) is 0 Å². The summed E-state index contributed by atoms with van der Waals surface area (Å²) < 4.78 is 16.7. The fourth-order valence-corrected chi connectivity index (χ4v) is 4.30. The predicted octanol–water partition coefficient (Wildman–Crippen LogP) is 2.49. The third kappa shape index (κ3) is 8.66. The summed E-state index contributed by atoms with van der Waals surface area (Å²) in [4.78, 5) is 8.73. The van der Waals surface area contributed by atoms with Gasteiger partial charge in [0.2, 0.25) is 0 Å². The van der Waals surface area contributed by atoms with Crippen LogP contribution in [0, 0.1) is 0 Å². The lowest BCUT2D eigenvalue weighted by atomic mass is 10.2. The molecule has 0 bridgehead atoms. The van der Waals surface area contributed by atoms with Gasteiger partial charge in [-0.3, -0.25) is 9.89 Å². The van der Waals surface area contributed by atoms with E-state index in [4.69, 9.17) is 19.2 Å². The van der Waals surface area contributed by atoms with Crippen molar-refractivity contribution in [3.8, 4) is 0 Å². The zero-order valence-electron chi connectivity index (χ0n) is 17.3. The van der Waals surface area contributed by atoms with Crippen LogP contribution in [0.25, 0.3) is 0 Å². The summed E-state index contributed by atoms with van der Waals surface area (Å²) in [5.41, 5.74) is 0. The van der Waals surface area contributed by atoms with Crippen molar-refractivity contribution in [1.82, 2.24) is 15.5 Å². The maximum atomic E-state index is 5.83. The standard InChI is InChI=1S/C20H34N4O3S.HI/c1-2-21-20(22-7-4-10-27-17-6-11-26-16-17)23-15-18(19-5-3-14-28-19)24-8-12-25-13-9-24;/h3,5,14,17-18H,2,4,6-13,15-16H2,1H3,(H2,21,22,23);1H. The van der Waals surface area contributed by atoms with Crippen LogP contribution in [0.3, 0.4) is 0 Å². The Morgan fingerprint density at radius 1 is 1.31 bits per heavy atom. The highest BCUT2D eigenvalue weighted by atomic mass is 127. The van der Waals surface area contributed by atoms with Gasteiger partial charge < -0.3 is 24.8 Å². The molecule has 7 nitrogen and oxygen atoms in total. The molecule has 166 valence electrons. The van der Waals surface area contributed by atoms with E-state index in [0.29, 0.717) is 6.04 Å². The number of hydrogen-bond acceptors (Lipinski definition) is 6. The van der Waals surface area contributed by atoms with Crippen LogP contribution in [0.2, 0.25) is 0 Å². The summed E-state index contributed by atoms with van der Waals surface area (Å²) in [5.74, 6) is 0.876. The average molecular weight is 538 g/mol. The lowest BCUT2D eigenvalue weighted by molar-refractivity contribution is 0.0186. The topological polar surface area (TPSA) is 67.4 Å². The first kappa shape index (κ1) is 24.8. The van der Waals surface area contributed by atoms with Crippen molar-refractivity contribution in [2.75, 3.05) is 65.8 Å². The summed E-state index contributed by atoms with van der Waals surface area (Å²) in [6, 6.07) is 4.64. The van der Waals surface area contributed by atoms with Crippen molar-refractivity contribution in [3.05, 3.63) is 22.4 Å². The molecule has 9 heteroatoms. The fraction of sp³-hybridized carbons (Fsp3) is 0.750. The highest BCUT2D eigenvalue weighted by Gasteiger charge is 2.23. The minimum absolute atomic E-state index is 0. The maximum Gasteiger partial charge on any atom is 0.191 e. The smallest absolute Gasteiger partial charge is 0.191 e. The second kappa shape index (κ2) is 14.5. The summed E-state index contributed by atoms with van der Waals surface area (Å²) in [5, 5.41) is 8.94. The SMILES string of the molecule is CCNC(=NCC(c1cccs1)N1CCOCC1)NCCCOC1CCOC1.I. The number of nitrogens with one attached hydrogen (secondary N) is 2. The molecule has 1 aromatic rings. The minimum atomic E-state index is 0. The first-order chi connectivity index (χ1) is 13.9. The van der Waals surface area contributed by atoms with Crippen molar-refractivity contribution in [2.45, 2.75) is 31.9 Å². The van der Waals surface area contributed by atoms with Gasteiger partial charge in [-0.25, -0.2) is 0 Å². The normalized spacial score (nSPS) is 21.6. The van der Waals surface area contributed by atoms with Crippen LogP contribution in [0.15, 0.2) is 22.5 Å². The second-order valence-corrected chi connectivity index (χ2v) is 8.02. The molecule has 0 aromatic carbocycles. The Morgan fingerprint density at radius 3 is 2.86 bits per heavy atom. The fourth-order valence-electron chi connectivity index (χ4n) is 3.45. The van der Waals surface area contributed by atoms with Crippen molar-refractivity contribution >= 4 is 41.3 Å². The average Bonchev–Trinajstić information content (AvgIpc) is 3.43. The van der Waals surface area contributed by atoms with Crippen LogP contribution >= 0.6 is 35.3 Å². The molecule has 3 rings (SSSR count). The molecule has 29 heavy (non-hydrogen) atoms. The molecule has 1 aromatic heterocycles. The Balaban J connectivity index is 0.00000300. The molecule has 0 spiro atoms. The van der Waals surface area contributed by atoms with E-state index in [1.54, 1.807) is 11.3 Å². The molecule has 2 fully saturated rings. The molecule has 2 aliphatic rings. The first-order valence-corrected chi connectivity index (χ1v) is 11.3. The van der Waals surface area contributed by atoms with Gasteiger partial charge in [-0.1, -0.05) is 6.07 Å². The van der Waals surface area contributed by atoms with E-state index in [2.05, 4.69) is 40.0 Å². The molecular formula is C20H35IN4O3S. The molecule has 0 radical (unpaired) electrons. The van der Waals surface area contributed by atoms with Gasteiger partial charge in [0.1, 0.15) is 0 Å². The molecule has 2 saturated heterocycles. The first-order valence-electron chi connectivity index (χ1n) is 10.4. The highest BCUT2D eigenvalue weighted by molar-refractivity contribution is 14.0. The molecule has 3 heterocycles. The number of halogens is 1. The molecule has 0 amide bonds. The number of thiophene rings is 1. The number of hydrogen-bond donors (Lipinski definition) is 2. The Labute approximate surface area is 195 Å². The number of ether oxygens (including phenoxy) is 3. The second-order valence-electron chi connectivity index (χ2n) is 7.04. The summed E-state index contributed by atoms with van der Waals surface area (Å²) in [6.45, 7) is 10.4. The summed E-state index contributed by atoms with van der Waals surface area (Å²) >= 11 is 1.81. The quantitative estimate of drug-likeness (QED) is 0.207. The number of morpholine rings is 1. The zero-order chi connectivity index (χ0) is 19.4. The Kier molecular flexibility index (Phi) is 12.4. The molecule has 2 atom stereocenters. The lowest BCUT2D eigenvalue weighted by Crippen LogP contribution is -2.41. The van der Waals surface area contributed by atoms with E-state index in [-0.39, 0.29) is 30.1 Å². The van der Waals surface area contributed by atoms with Gasteiger partial charge >= 0.3 is 0 Å². The zero-order valence-corrected chi connectivity index (χ0v) is 20.5. The van der Waals surface area contributed by atoms with Gasteiger partial charge in [0, 0.05) is 44.3 Å². The van der Waals surface area contributed by atoms with Crippen LogP contribution in [0.5, 0.6) is 0 Å². The van der Waals surface area contributed by atoms with Crippen molar-refractivity contribution in [3.63, 3.8) is 0 Å². The highest BCUT2D eigenvalue weighted by Crippen LogP contribution is 2.26. The van der Waals surface area contributed by atoms with Crippen LogP contribution in [0.1, 0.15) is 30.7 Å². The maximum absolute atomic E-state index is 5.83. The van der Waals surface area contributed by atoms with Crippen LogP contribution in [-0.2, 0) is 14.2 Å². The largest absolute Gasteiger partial charge is 0.379 e. The van der Waals surface area contributed by atoms with E-state index in [1.165, 1.54) is 4.88 Å². The number of rotatable bonds is 10. The van der Waals surface area contributed by atoms with E-state index < -0.39 is 0 Å². The van der Waals surface area contributed by atoms with Crippen molar-refractivity contribution in [1.29, 1.82) is 0 Å². The van der Waals surface area contributed by atoms with Gasteiger partial charge in [-0.2, -0.15) is 0 Å². The minimum Gasteiger partial charge on any atom is -0.379 e. The molecule has 2 unspecified atom stereocenters. The van der Waals surface area contributed by atoms with Gasteiger partial charge in [-0.15, -0.1) is 35.3 Å². The van der Waals surface area contributed by atoms with E-state index in [9.17, 15) is 0 Å². The molecule has 2 aliphatic heterocycles. The molecular weight excluding hydrogens is 503 g/mol. The van der Waals surface area contributed by atoms with E-state index >= 15 is 0 Å². The predicted molar refractivity (Wildman–Crippen MR) is 129 cm³/mol. The summed E-state index contributed by atoms with van der Waals surface area (Å²) in [7, 11) is 0. The lowest BCUT2D eigenvalue weighted by Gasteiger charge is -2.33. The number of guanidine groups is 1. The van der Waals surface area contributed by atoms with Crippen LogP contribution < -0.4 is 10.6 Å².